The van der Waals surface area contributed by atoms with Crippen LogP contribution in [0.5, 0.6) is 5.75 Å². The van der Waals surface area contributed by atoms with Crippen molar-refractivity contribution < 1.29 is 19.0 Å². The highest BCUT2D eigenvalue weighted by atomic mass is 19.1. The van der Waals surface area contributed by atoms with E-state index >= 15 is 0 Å². The fourth-order valence-electron chi connectivity index (χ4n) is 2.28. The molecule has 1 saturated heterocycles. The van der Waals surface area contributed by atoms with Gasteiger partial charge in [-0.15, -0.1) is 0 Å². The first-order chi connectivity index (χ1) is 12.1. The zero-order valence-corrected chi connectivity index (χ0v) is 13.1. The molecule has 6 nitrogen and oxygen atoms in total. The molecule has 25 heavy (non-hydrogen) atoms. The molecule has 2 aromatic carbocycles. The summed E-state index contributed by atoms with van der Waals surface area (Å²) < 4.78 is 18.5. The molecule has 1 heterocycles. The predicted octanol–water partition coefficient (Wildman–Crippen LogP) is 1.19. The van der Waals surface area contributed by atoms with Crippen LogP contribution >= 0.6 is 0 Å². The van der Waals surface area contributed by atoms with Crippen molar-refractivity contribution in [1.82, 2.24) is 16.4 Å². The number of ether oxygens (including phenoxy) is 1. The van der Waals surface area contributed by atoms with Gasteiger partial charge in [0, 0.05) is 12.0 Å². The van der Waals surface area contributed by atoms with Crippen LogP contribution in [0, 0.1) is 17.7 Å². The smallest absolute Gasteiger partial charge is 0.327 e. The summed E-state index contributed by atoms with van der Waals surface area (Å²) in [6.45, 7) is 0. The van der Waals surface area contributed by atoms with Crippen LogP contribution in [0.2, 0.25) is 0 Å². The van der Waals surface area contributed by atoms with Crippen LogP contribution in [0.1, 0.15) is 11.1 Å². The highest BCUT2D eigenvalue weighted by molar-refractivity contribution is 5.74. The molecule has 2 aromatic rings. The van der Waals surface area contributed by atoms with Crippen molar-refractivity contribution >= 4 is 5.97 Å². The lowest BCUT2D eigenvalue weighted by molar-refractivity contribution is -0.141. The summed E-state index contributed by atoms with van der Waals surface area (Å²) >= 11 is 0. The Balaban J connectivity index is 1.65. The number of rotatable bonds is 4. The molecule has 4 N–H and O–H groups in total. The Labute approximate surface area is 143 Å². The zero-order valence-electron chi connectivity index (χ0n) is 13.1. The Morgan fingerprint density at radius 3 is 2.76 bits per heavy atom. The molecular formula is C18H16FN3O3. The molecular weight excluding hydrogens is 325 g/mol. The third-order valence-electron chi connectivity index (χ3n) is 3.55. The standard InChI is InChI=1S/C18H16FN3O3/c19-14-9-7-12(8-10-14)3-1-4-13-5-2-6-15(11-13)25-17-16(18(23)24)20-22-21-17/h2,5-11,16-17,20-22H,3H2,(H,23,24). The molecule has 7 heteroatoms. The molecule has 2 atom stereocenters. The molecule has 1 aliphatic heterocycles. The van der Waals surface area contributed by atoms with Gasteiger partial charge < -0.3 is 9.84 Å². The number of carbonyl (C=O) groups is 1. The van der Waals surface area contributed by atoms with Gasteiger partial charge in [-0.3, -0.25) is 4.79 Å². The number of hydrazine groups is 2. The SMILES string of the molecule is O=C(O)C1NNNC1Oc1cccc(C#CCc2ccc(F)cc2)c1. The van der Waals surface area contributed by atoms with Gasteiger partial charge in [-0.25, -0.2) is 15.2 Å². The van der Waals surface area contributed by atoms with Gasteiger partial charge in [0.2, 0.25) is 0 Å². The lowest BCUT2D eigenvalue weighted by Gasteiger charge is -2.16. The quantitative estimate of drug-likeness (QED) is 0.626. The molecule has 0 aliphatic carbocycles. The van der Waals surface area contributed by atoms with E-state index in [2.05, 4.69) is 28.2 Å². The van der Waals surface area contributed by atoms with Gasteiger partial charge in [-0.05, 0) is 35.9 Å². The monoisotopic (exact) mass is 341 g/mol. The van der Waals surface area contributed by atoms with Crippen molar-refractivity contribution in [3.63, 3.8) is 0 Å². The van der Waals surface area contributed by atoms with Gasteiger partial charge in [-0.1, -0.05) is 30.0 Å². The maximum atomic E-state index is 12.9. The number of carboxylic acids is 1. The Morgan fingerprint density at radius 1 is 1.20 bits per heavy atom. The maximum absolute atomic E-state index is 12.9. The molecule has 0 radical (unpaired) electrons. The van der Waals surface area contributed by atoms with Crippen LogP contribution in [-0.4, -0.2) is 23.3 Å². The summed E-state index contributed by atoms with van der Waals surface area (Å²) in [4.78, 5) is 11.1. The Hall–Kier alpha value is -2.92. The molecule has 0 saturated carbocycles. The minimum absolute atomic E-state index is 0.272. The van der Waals surface area contributed by atoms with Gasteiger partial charge in [0.05, 0.1) is 0 Å². The molecule has 0 aromatic heterocycles. The number of halogens is 1. The van der Waals surface area contributed by atoms with E-state index in [4.69, 9.17) is 9.84 Å². The normalized spacial score (nSPS) is 19.1. The van der Waals surface area contributed by atoms with Crippen molar-refractivity contribution in [3.8, 4) is 17.6 Å². The van der Waals surface area contributed by atoms with E-state index in [1.165, 1.54) is 12.1 Å². The van der Waals surface area contributed by atoms with E-state index in [1.54, 1.807) is 30.3 Å². The summed E-state index contributed by atoms with van der Waals surface area (Å²) in [6.07, 6.45) is -0.246. The molecule has 0 bridgehead atoms. The first-order valence-corrected chi connectivity index (χ1v) is 7.61. The molecule has 0 spiro atoms. The fraction of sp³-hybridized carbons (Fsp3) is 0.167. The van der Waals surface area contributed by atoms with Crippen molar-refractivity contribution in [2.75, 3.05) is 0 Å². The minimum Gasteiger partial charge on any atom is -0.480 e. The van der Waals surface area contributed by atoms with Gasteiger partial charge in [-0.2, -0.15) is 5.53 Å². The van der Waals surface area contributed by atoms with Crippen molar-refractivity contribution in [2.45, 2.75) is 18.7 Å². The molecule has 0 amide bonds. The second-order valence-electron chi connectivity index (χ2n) is 5.40. The van der Waals surface area contributed by atoms with Crippen LogP contribution in [0.25, 0.3) is 0 Å². The van der Waals surface area contributed by atoms with Crippen molar-refractivity contribution in [2.24, 2.45) is 0 Å². The van der Waals surface area contributed by atoms with Crippen LogP contribution in [0.4, 0.5) is 4.39 Å². The number of benzene rings is 2. The van der Waals surface area contributed by atoms with Gasteiger partial charge in [0.1, 0.15) is 11.6 Å². The Morgan fingerprint density at radius 2 is 2.00 bits per heavy atom. The van der Waals surface area contributed by atoms with E-state index in [-0.39, 0.29) is 5.82 Å². The van der Waals surface area contributed by atoms with E-state index in [1.807, 2.05) is 6.07 Å². The fourth-order valence-corrected chi connectivity index (χ4v) is 2.28. The number of nitrogens with one attached hydrogen (secondary N) is 3. The third kappa shape index (κ3) is 4.55. The Bertz CT molecular complexity index is 814. The van der Waals surface area contributed by atoms with E-state index in [0.29, 0.717) is 12.2 Å². The van der Waals surface area contributed by atoms with E-state index in [9.17, 15) is 9.18 Å². The summed E-state index contributed by atoms with van der Waals surface area (Å²) in [5.41, 5.74) is 9.46. The highest BCUT2D eigenvalue weighted by Crippen LogP contribution is 2.15. The number of hydrogen-bond acceptors (Lipinski definition) is 5. The summed E-state index contributed by atoms with van der Waals surface area (Å²) in [6, 6.07) is 12.4. The van der Waals surface area contributed by atoms with Gasteiger partial charge in [0.25, 0.3) is 0 Å². The molecule has 3 rings (SSSR count). The molecule has 2 unspecified atom stereocenters. The topological polar surface area (TPSA) is 82.6 Å². The average molecular weight is 341 g/mol. The number of aliphatic carboxylic acids is 1. The van der Waals surface area contributed by atoms with Crippen LogP contribution in [0.15, 0.2) is 48.5 Å². The van der Waals surface area contributed by atoms with Gasteiger partial charge in [0.15, 0.2) is 12.3 Å². The van der Waals surface area contributed by atoms with E-state index in [0.717, 1.165) is 11.1 Å². The first kappa shape index (κ1) is 16.9. The minimum atomic E-state index is -1.03. The van der Waals surface area contributed by atoms with Crippen molar-refractivity contribution in [3.05, 3.63) is 65.5 Å². The maximum Gasteiger partial charge on any atom is 0.327 e. The zero-order chi connectivity index (χ0) is 17.6. The van der Waals surface area contributed by atoms with E-state index < -0.39 is 18.2 Å². The second-order valence-corrected chi connectivity index (χ2v) is 5.40. The lowest BCUT2D eigenvalue weighted by atomic mass is 10.1. The largest absolute Gasteiger partial charge is 0.480 e. The molecule has 1 fully saturated rings. The second kappa shape index (κ2) is 7.77. The first-order valence-electron chi connectivity index (χ1n) is 7.61. The molecule has 128 valence electrons. The van der Waals surface area contributed by atoms with Crippen LogP contribution < -0.4 is 21.1 Å². The van der Waals surface area contributed by atoms with Crippen molar-refractivity contribution in [1.29, 1.82) is 0 Å². The summed E-state index contributed by atoms with van der Waals surface area (Å²) in [5, 5.41) is 9.09. The number of hydrogen-bond donors (Lipinski definition) is 4. The lowest BCUT2D eigenvalue weighted by Crippen LogP contribution is -2.44. The Kier molecular flexibility index (Phi) is 5.26. The summed E-state index contributed by atoms with van der Waals surface area (Å²) in [5.74, 6) is 5.24. The van der Waals surface area contributed by atoms with Crippen LogP contribution in [0.3, 0.4) is 0 Å². The summed E-state index contributed by atoms with van der Waals surface area (Å²) in [7, 11) is 0. The van der Waals surface area contributed by atoms with Crippen LogP contribution in [-0.2, 0) is 11.2 Å². The third-order valence-corrected chi connectivity index (χ3v) is 3.55. The average Bonchev–Trinajstić information content (AvgIpc) is 3.05. The number of carboxylic acid groups (broad SMARTS) is 1. The molecule has 1 aliphatic rings. The van der Waals surface area contributed by atoms with Gasteiger partial charge >= 0.3 is 5.97 Å². The highest BCUT2D eigenvalue weighted by Gasteiger charge is 2.34. The predicted molar refractivity (Wildman–Crippen MR) is 88.7 cm³/mol.